The van der Waals surface area contributed by atoms with E-state index in [1.807, 2.05) is 6.92 Å². The van der Waals surface area contributed by atoms with Crippen molar-refractivity contribution in [1.29, 1.82) is 0 Å². The number of carbonyl (C=O) groups is 1. The quantitative estimate of drug-likeness (QED) is 0.576. The summed E-state index contributed by atoms with van der Waals surface area (Å²) in [5.41, 5.74) is 10.2. The van der Waals surface area contributed by atoms with E-state index in [1.165, 1.54) is 0 Å². The van der Waals surface area contributed by atoms with E-state index in [4.69, 9.17) is 11.5 Å². The fourth-order valence-corrected chi connectivity index (χ4v) is 1.04. The Balaban J connectivity index is 3.53. The van der Waals surface area contributed by atoms with Crippen molar-refractivity contribution >= 4 is 23.1 Å². The van der Waals surface area contributed by atoms with Crippen LogP contribution in [0, 0.1) is 5.92 Å². The van der Waals surface area contributed by atoms with E-state index in [2.05, 4.69) is 12.2 Å². The maximum atomic E-state index is 10.3. The average Bonchev–Trinajstić information content (AvgIpc) is 1.58. The van der Waals surface area contributed by atoms with Crippen molar-refractivity contribution in [1.82, 2.24) is 0 Å². The first-order valence-corrected chi connectivity index (χ1v) is 3.49. The van der Waals surface area contributed by atoms with E-state index in [1.54, 1.807) is 0 Å². The lowest BCUT2D eigenvalue weighted by Crippen LogP contribution is -2.19. The smallest absolute Gasteiger partial charge is 0.217 e. The molecule has 1 amide bonds. The van der Waals surface area contributed by atoms with Crippen LogP contribution < -0.4 is 11.5 Å². The maximum absolute atomic E-state index is 10.3. The fourth-order valence-electron chi connectivity index (χ4n) is 0.759. The predicted molar refractivity (Wildman–Crippen MR) is 44.4 cm³/mol. The summed E-state index contributed by atoms with van der Waals surface area (Å²) in [6, 6.07) is 0. The van der Waals surface area contributed by atoms with Gasteiger partial charge in [0.05, 0.1) is 4.99 Å². The summed E-state index contributed by atoms with van der Waals surface area (Å²) < 4.78 is 0. The van der Waals surface area contributed by atoms with E-state index in [0.717, 1.165) is 0 Å². The number of amides is 1. The molecule has 0 aliphatic carbocycles. The van der Waals surface area contributed by atoms with Gasteiger partial charge in [-0.05, 0) is 5.92 Å². The van der Waals surface area contributed by atoms with Gasteiger partial charge in [-0.3, -0.25) is 4.79 Å². The van der Waals surface area contributed by atoms with Gasteiger partial charge in [-0.15, -0.1) is 0 Å². The molecule has 0 rings (SSSR count). The molecule has 1 unspecified atom stereocenters. The van der Waals surface area contributed by atoms with Gasteiger partial charge in [-0.1, -0.05) is 19.1 Å². The maximum Gasteiger partial charge on any atom is 0.217 e. The second-order valence-corrected chi connectivity index (χ2v) is 2.97. The van der Waals surface area contributed by atoms with Crippen molar-refractivity contribution in [2.24, 2.45) is 17.4 Å². The van der Waals surface area contributed by atoms with Crippen LogP contribution >= 0.6 is 12.2 Å². The molecule has 0 aliphatic heterocycles. The normalized spacial score (nSPS) is 12.5. The summed E-state index contributed by atoms with van der Waals surface area (Å²) in [5, 5.41) is 0. The van der Waals surface area contributed by atoms with Crippen LogP contribution in [0.3, 0.4) is 0 Å². The molecule has 0 saturated heterocycles. The Morgan fingerprint density at radius 3 is 2.30 bits per heavy atom. The van der Waals surface area contributed by atoms with Crippen LogP contribution in [0.1, 0.15) is 19.8 Å². The predicted octanol–water partition coefficient (Wildman–Crippen LogP) is 0.174. The summed E-state index contributed by atoms with van der Waals surface area (Å²) in [5.74, 6) is -0.126. The minimum Gasteiger partial charge on any atom is -0.393 e. The summed E-state index contributed by atoms with van der Waals surface area (Å²) in [6.07, 6.45) is 0.954. The van der Waals surface area contributed by atoms with Crippen LogP contribution in [0.25, 0.3) is 0 Å². The monoisotopic (exact) mass is 160 g/mol. The Labute approximate surface area is 65.8 Å². The highest BCUT2D eigenvalue weighted by molar-refractivity contribution is 7.80. The minimum absolute atomic E-state index is 0.176. The first kappa shape index (κ1) is 9.36. The van der Waals surface area contributed by atoms with Crippen molar-refractivity contribution in [3.05, 3.63) is 0 Å². The minimum atomic E-state index is -0.302. The Bertz CT molecular complexity index is 131. The van der Waals surface area contributed by atoms with Crippen LogP contribution in [0.5, 0.6) is 0 Å². The molecule has 0 aliphatic rings. The molecule has 0 fully saturated rings. The molecule has 0 aromatic carbocycles. The van der Waals surface area contributed by atoms with E-state index in [9.17, 15) is 4.79 Å². The third-order valence-corrected chi connectivity index (χ3v) is 1.27. The molecule has 4 N–H and O–H groups in total. The third-order valence-electron chi connectivity index (χ3n) is 1.10. The molecule has 58 valence electrons. The molecule has 0 radical (unpaired) electrons. The van der Waals surface area contributed by atoms with E-state index >= 15 is 0 Å². The number of nitrogens with two attached hydrogens (primary N) is 2. The molecule has 10 heavy (non-hydrogen) atoms. The molecular weight excluding hydrogens is 148 g/mol. The Hall–Kier alpha value is -0.640. The molecule has 0 heterocycles. The largest absolute Gasteiger partial charge is 0.393 e. The second kappa shape index (κ2) is 4.22. The van der Waals surface area contributed by atoms with Gasteiger partial charge in [0.2, 0.25) is 5.91 Å². The zero-order valence-electron chi connectivity index (χ0n) is 5.96. The van der Waals surface area contributed by atoms with Gasteiger partial charge in [0.25, 0.3) is 0 Å². The van der Waals surface area contributed by atoms with Gasteiger partial charge in [-0.25, -0.2) is 0 Å². The average molecular weight is 160 g/mol. The molecule has 3 nitrogen and oxygen atoms in total. The SMILES string of the molecule is CC(CC(N)=O)CC(N)=S. The summed E-state index contributed by atoms with van der Waals surface area (Å²) >= 11 is 4.65. The molecule has 0 aromatic rings. The first-order chi connectivity index (χ1) is 4.52. The van der Waals surface area contributed by atoms with E-state index < -0.39 is 0 Å². The van der Waals surface area contributed by atoms with Crippen molar-refractivity contribution in [2.75, 3.05) is 0 Å². The van der Waals surface area contributed by atoms with Gasteiger partial charge in [0.1, 0.15) is 0 Å². The van der Waals surface area contributed by atoms with Crippen molar-refractivity contribution in [2.45, 2.75) is 19.8 Å². The molecule has 0 spiro atoms. The van der Waals surface area contributed by atoms with Crippen LogP contribution in [-0.4, -0.2) is 10.9 Å². The topological polar surface area (TPSA) is 69.1 Å². The number of hydrogen-bond acceptors (Lipinski definition) is 2. The lowest BCUT2D eigenvalue weighted by Gasteiger charge is -2.05. The number of primary amides is 1. The highest BCUT2D eigenvalue weighted by atomic mass is 32.1. The van der Waals surface area contributed by atoms with Crippen LogP contribution in [0.4, 0.5) is 0 Å². The highest BCUT2D eigenvalue weighted by Crippen LogP contribution is 2.05. The lowest BCUT2D eigenvalue weighted by molar-refractivity contribution is -0.118. The molecular formula is C6H12N2OS. The van der Waals surface area contributed by atoms with Crippen LogP contribution in [0.15, 0.2) is 0 Å². The zero-order chi connectivity index (χ0) is 8.15. The van der Waals surface area contributed by atoms with Crippen LogP contribution in [0.2, 0.25) is 0 Å². The first-order valence-electron chi connectivity index (χ1n) is 3.09. The second-order valence-electron chi connectivity index (χ2n) is 2.45. The molecule has 0 aromatic heterocycles. The summed E-state index contributed by atoms with van der Waals surface area (Å²) in [7, 11) is 0. The Morgan fingerprint density at radius 1 is 1.50 bits per heavy atom. The van der Waals surface area contributed by atoms with Gasteiger partial charge in [0, 0.05) is 12.8 Å². The Morgan fingerprint density at radius 2 is 2.00 bits per heavy atom. The van der Waals surface area contributed by atoms with E-state index in [0.29, 0.717) is 17.8 Å². The van der Waals surface area contributed by atoms with Gasteiger partial charge >= 0.3 is 0 Å². The molecule has 0 saturated carbocycles. The summed E-state index contributed by atoms with van der Waals surface area (Å²) in [6.45, 7) is 1.89. The standard InChI is InChI=1S/C6H12N2OS/c1-4(2-5(7)9)3-6(8)10/h4H,2-3H2,1H3,(H2,7,9)(H2,8,10). The molecule has 4 heteroatoms. The van der Waals surface area contributed by atoms with E-state index in [-0.39, 0.29) is 11.8 Å². The zero-order valence-corrected chi connectivity index (χ0v) is 6.78. The van der Waals surface area contributed by atoms with Gasteiger partial charge in [-0.2, -0.15) is 0 Å². The molecule has 0 bridgehead atoms. The third kappa shape index (κ3) is 5.50. The number of thiocarbonyl (C=S) groups is 1. The molecule has 1 atom stereocenters. The highest BCUT2D eigenvalue weighted by Gasteiger charge is 2.06. The summed E-state index contributed by atoms with van der Waals surface area (Å²) in [4.78, 5) is 10.8. The lowest BCUT2D eigenvalue weighted by atomic mass is 10.0. The van der Waals surface area contributed by atoms with Crippen LogP contribution in [-0.2, 0) is 4.79 Å². The van der Waals surface area contributed by atoms with Gasteiger partial charge in [0.15, 0.2) is 0 Å². The number of rotatable bonds is 4. The van der Waals surface area contributed by atoms with Gasteiger partial charge < -0.3 is 11.5 Å². The number of carbonyl (C=O) groups excluding carboxylic acids is 1. The Kier molecular flexibility index (Phi) is 3.95. The van der Waals surface area contributed by atoms with Crippen molar-refractivity contribution in [3.63, 3.8) is 0 Å². The van der Waals surface area contributed by atoms with Crippen molar-refractivity contribution < 1.29 is 4.79 Å². The number of hydrogen-bond donors (Lipinski definition) is 2. The van der Waals surface area contributed by atoms with Crippen molar-refractivity contribution in [3.8, 4) is 0 Å². The fraction of sp³-hybridized carbons (Fsp3) is 0.667.